The van der Waals surface area contributed by atoms with E-state index in [2.05, 4.69) is 10.00 Å². The first-order valence-electron chi connectivity index (χ1n) is 9.39. The molecule has 0 spiro atoms. The molecule has 1 aliphatic heterocycles. The second kappa shape index (κ2) is 7.42. The fourth-order valence-corrected chi connectivity index (χ4v) is 3.49. The molecule has 0 unspecified atom stereocenters. The lowest BCUT2D eigenvalue weighted by Gasteiger charge is -2.36. The molecule has 2 aliphatic rings. The van der Waals surface area contributed by atoms with E-state index in [0.29, 0.717) is 19.0 Å². The summed E-state index contributed by atoms with van der Waals surface area (Å²) in [6, 6.07) is 11.2. The van der Waals surface area contributed by atoms with E-state index in [4.69, 9.17) is 4.74 Å². The highest BCUT2D eigenvalue weighted by atomic mass is 16.5. The van der Waals surface area contributed by atoms with Gasteiger partial charge in [-0.05, 0) is 31.0 Å². The number of benzene rings is 1. The average Bonchev–Trinajstić information content (AvgIpc) is 3.55. The van der Waals surface area contributed by atoms with Gasteiger partial charge in [0.15, 0.2) is 0 Å². The van der Waals surface area contributed by atoms with Crippen molar-refractivity contribution in [3.05, 3.63) is 52.4 Å². The second-order valence-corrected chi connectivity index (χ2v) is 7.07. The highest BCUT2D eigenvalue weighted by Crippen LogP contribution is 2.38. The molecule has 1 saturated carbocycles. The Labute approximate surface area is 158 Å². The fraction of sp³-hybridized carbons (Fsp3) is 0.450. The predicted molar refractivity (Wildman–Crippen MR) is 102 cm³/mol. The van der Waals surface area contributed by atoms with Gasteiger partial charge in [0.2, 0.25) is 5.91 Å². The highest BCUT2D eigenvalue weighted by molar-refractivity contribution is 5.76. The van der Waals surface area contributed by atoms with E-state index in [0.717, 1.165) is 43.1 Å². The Morgan fingerprint density at radius 1 is 1.11 bits per heavy atom. The van der Waals surface area contributed by atoms with Gasteiger partial charge < -0.3 is 14.5 Å². The van der Waals surface area contributed by atoms with Crippen LogP contribution in [0.3, 0.4) is 0 Å². The number of ether oxygens (including phenoxy) is 1. The molecule has 0 atom stereocenters. The number of para-hydroxylation sites is 2. The van der Waals surface area contributed by atoms with Crippen LogP contribution in [0.1, 0.15) is 24.5 Å². The molecule has 27 heavy (non-hydrogen) atoms. The van der Waals surface area contributed by atoms with Gasteiger partial charge in [0.25, 0.3) is 5.56 Å². The first-order valence-corrected chi connectivity index (χ1v) is 9.39. The molecule has 7 nitrogen and oxygen atoms in total. The van der Waals surface area contributed by atoms with Crippen LogP contribution in [0.4, 0.5) is 5.69 Å². The SMILES string of the molecule is COc1ccccc1N1CCN(C(=O)Cn2nc(C3CC3)ccc2=O)CC1. The van der Waals surface area contributed by atoms with Crippen LogP contribution in [0.15, 0.2) is 41.2 Å². The first-order chi connectivity index (χ1) is 13.2. The second-order valence-electron chi connectivity index (χ2n) is 7.07. The standard InChI is InChI=1S/C20H24N4O3/c1-27-18-5-3-2-4-17(18)22-10-12-23(13-11-22)20(26)14-24-19(25)9-8-16(21-24)15-6-7-15/h2-5,8-9,15H,6-7,10-14H2,1H3. The van der Waals surface area contributed by atoms with E-state index in [1.165, 1.54) is 10.7 Å². The molecule has 2 heterocycles. The number of carbonyl (C=O) groups excluding carboxylic acids is 1. The fourth-order valence-electron chi connectivity index (χ4n) is 3.49. The highest BCUT2D eigenvalue weighted by Gasteiger charge is 2.27. The van der Waals surface area contributed by atoms with Gasteiger partial charge in [0, 0.05) is 38.2 Å². The summed E-state index contributed by atoms with van der Waals surface area (Å²) in [6.07, 6.45) is 2.23. The van der Waals surface area contributed by atoms with Gasteiger partial charge in [0.1, 0.15) is 12.3 Å². The van der Waals surface area contributed by atoms with Crippen molar-refractivity contribution >= 4 is 11.6 Å². The molecule has 1 amide bonds. The molecule has 0 bridgehead atoms. The van der Waals surface area contributed by atoms with E-state index in [1.54, 1.807) is 13.2 Å². The van der Waals surface area contributed by atoms with Gasteiger partial charge in [0.05, 0.1) is 18.5 Å². The van der Waals surface area contributed by atoms with Crippen LogP contribution >= 0.6 is 0 Å². The Morgan fingerprint density at radius 3 is 2.56 bits per heavy atom. The third kappa shape index (κ3) is 3.82. The number of rotatable bonds is 5. The number of anilines is 1. The van der Waals surface area contributed by atoms with Crippen LogP contribution in [-0.2, 0) is 11.3 Å². The van der Waals surface area contributed by atoms with Crippen molar-refractivity contribution < 1.29 is 9.53 Å². The third-order valence-electron chi connectivity index (χ3n) is 5.23. The van der Waals surface area contributed by atoms with Crippen LogP contribution in [0.25, 0.3) is 0 Å². The summed E-state index contributed by atoms with van der Waals surface area (Å²) >= 11 is 0. The summed E-state index contributed by atoms with van der Waals surface area (Å²) in [5.74, 6) is 1.23. The Hall–Kier alpha value is -2.83. The molecule has 2 fully saturated rings. The van der Waals surface area contributed by atoms with E-state index in [9.17, 15) is 9.59 Å². The van der Waals surface area contributed by atoms with Gasteiger partial charge >= 0.3 is 0 Å². The number of nitrogens with zero attached hydrogens (tertiary/aromatic N) is 4. The number of amides is 1. The summed E-state index contributed by atoms with van der Waals surface area (Å²) in [5, 5.41) is 4.38. The molecule has 2 aromatic rings. The molecule has 1 aromatic carbocycles. The molecular weight excluding hydrogens is 344 g/mol. The minimum absolute atomic E-state index is 0.00799. The zero-order valence-electron chi connectivity index (χ0n) is 15.5. The summed E-state index contributed by atoms with van der Waals surface area (Å²) in [5.41, 5.74) is 1.74. The first kappa shape index (κ1) is 17.6. The Bertz CT molecular complexity index is 883. The van der Waals surface area contributed by atoms with Crippen LogP contribution in [0.2, 0.25) is 0 Å². The predicted octanol–water partition coefficient (Wildman–Crippen LogP) is 1.48. The van der Waals surface area contributed by atoms with Gasteiger partial charge in [-0.15, -0.1) is 0 Å². The summed E-state index contributed by atoms with van der Waals surface area (Å²) in [6.45, 7) is 2.71. The topological polar surface area (TPSA) is 67.7 Å². The number of piperazine rings is 1. The maximum absolute atomic E-state index is 12.7. The maximum Gasteiger partial charge on any atom is 0.267 e. The van der Waals surface area contributed by atoms with Gasteiger partial charge in [-0.2, -0.15) is 5.10 Å². The van der Waals surface area contributed by atoms with Crippen molar-refractivity contribution in [2.75, 3.05) is 38.2 Å². The molecule has 0 radical (unpaired) electrons. The van der Waals surface area contributed by atoms with Crippen LogP contribution in [0, 0.1) is 0 Å². The van der Waals surface area contributed by atoms with Crippen molar-refractivity contribution in [2.24, 2.45) is 0 Å². The van der Waals surface area contributed by atoms with E-state index >= 15 is 0 Å². The molecule has 1 aromatic heterocycles. The molecule has 0 N–H and O–H groups in total. The lowest BCUT2D eigenvalue weighted by Crippen LogP contribution is -2.50. The van der Waals surface area contributed by atoms with Crippen molar-refractivity contribution in [3.8, 4) is 5.75 Å². The van der Waals surface area contributed by atoms with E-state index in [-0.39, 0.29) is 18.0 Å². The maximum atomic E-state index is 12.7. The van der Waals surface area contributed by atoms with E-state index < -0.39 is 0 Å². The van der Waals surface area contributed by atoms with Crippen LogP contribution in [-0.4, -0.2) is 53.9 Å². The summed E-state index contributed by atoms with van der Waals surface area (Å²) in [4.78, 5) is 28.7. The zero-order chi connectivity index (χ0) is 18.8. The molecule has 1 saturated heterocycles. The number of aromatic nitrogens is 2. The largest absolute Gasteiger partial charge is 0.495 e. The summed E-state index contributed by atoms with van der Waals surface area (Å²) < 4.78 is 6.74. The molecule has 7 heteroatoms. The normalized spacial score (nSPS) is 17.1. The minimum Gasteiger partial charge on any atom is -0.495 e. The Kier molecular flexibility index (Phi) is 4.83. The lowest BCUT2D eigenvalue weighted by atomic mass is 10.2. The van der Waals surface area contributed by atoms with Gasteiger partial charge in [-0.25, -0.2) is 4.68 Å². The third-order valence-corrected chi connectivity index (χ3v) is 5.23. The lowest BCUT2D eigenvalue weighted by molar-refractivity contribution is -0.132. The molecule has 4 rings (SSSR count). The molecule has 142 valence electrons. The number of hydrogen-bond acceptors (Lipinski definition) is 5. The van der Waals surface area contributed by atoms with Crippen molar-refractivity contribution in [3.63, 3.8) is 0 Å². The smallest absolute Gasteiger partial charge is 0.267 e. The van der Waals surface area contributed by atoms with Crippen molar-refractivity contribution in [1.29, 1.82) is 0 Å². The number of hydrogen-bond donors (Lipinski definition) is 0. The van der Waals surface area contributed by atoms with E-state index in [1.807, 2.05) is 29.2 Å². The Balaban J connectivity index is 1.39. The zero-order valence-corrected chi connectivity index (χ0v) is 15.5. The van der Waals surface area contributed by atoms with Crippen LogP contribution < -0.4 is 15.2 Å². The minimum atomic E-state index is -0.222. The number of methoxy groups -OCH3 is 1. The van der Waals surface area contributed by atoms with Crippen molar-refractivity contribution in [1.82, 2.24) is 14.7 Å². The quantitative estimate of drug-likeness (QED) is 0.800. The average molecular weight is 368 g/mol. The van der Waals surface area contributed by atoms with Gasteiger partial charge in [-0.1, -0.05) is 12.1 Å². The molecular formula is C20H24N4O3. The number of carbonyl (C=O) groups is 1. The monoisotopic (exact) mass is 368 g/mol. The van der Waals surface area contributed by atoms with Crippen LogP contribution in [0.5, 0.6) is 5.75 Å². The van der Waals surface area contributed by atoms with Gasteiger partial charge in [-0.3, -0.25) is 9.59 Å². The van der Waals surface area contributed by atoms with Crippen molar-refractivity contribution in [2.45, 2.75) is 25.3 Å². The Morgan fingerprint density at radius 2 is 1.85 bits per heavy atom. The summed E-state index contributed by atoms with van der Waals surface area (Å²) in [7, 11) is 1.67. The molecule has 1 aliphatic carbocycles.